The largest absolute Gasteiger partial charge is 0.347 e. The van der Waals surface area contributed by atoms with Gasteiger partial charge in [-0.3, -0.25) is 9.20 Å². The number of amides is 1. The number of halogens is 2. The van der Waals surface area contributed by atoms with E-state index in [9.17, 15) is 9.18 Å². The highest BCUT2D eigenvalue weighted by molar-refractivity contribution is 6.30. The lowest BCUT2D eigenvalue weighted by molar-refractivity contribution is 0.0944. The van der Waals surface area contributed by atoms with E-state index in [1.807, 2.05) is 38.1 Å². The van der Waals surface area contributed by atoms with E-state index in [-0.39, 0.29) is 11.7 Å². The third kappa shape index (κ3) is 3.94. The van der Waals surface area contributed by atoms with Crippen LogP contribution in [0.3, 0.4) is 0 Å². The summed E-state index contributed by atoms with van der Waals surface area (Å²) in [5, 5.41) is 3.56. The summed E-state index contributed by atoms with van der Waals surface area (Å²) in [6, 6.07) is 16.1. The van der Waals surface area contributed by atoms with Gasteiger partial charge in [-0.1, -0.05) is 48.9 Å². The van der Waals surface area contributed by atoms with E-state index in [2.05, 4.69) is 10.3 Å². The van der Waals surface area contributed by atoms with Crippen LogP contribution in [-0.4, -0.2) is 15.3 Å². The maximum absolute atomic E-state index is 13.3. The minimum atomic E-state index is -0.239. The van der Waals surface area contributed by atoms with Gasteiger partial charge in [0.05, 0.1) is 5.69 Å². The number of pyridine rings is 1. The van der Waals surface area contributed by atoms with E-state index in [0.29, 0.717) is 29.3 Å². The summed E-state index contributed by atoms with van der Waals surface area (Å²) in [5.41, 5.74) is 5.78. The summed E-state index contributed by atoms with van der Waals surface area (Å²) in [5.74, 6) is -0.420. The first-order chi connectivity index (χ1) is 14.5. The molecule has 1 amide bonds. The number of hydrogen-bond donors (Lipinski definition) is 1. The van der Waals surface area contributed by atoms with Gasteiger partial charge in [-0.25, -0.2) is 9.37 Å². The Kier molecular flexibility index (Phi) is 5.55. The van der Waals surface area contributed by atoms with E-state index < -0.39 is 0 Å². The zero-order valence-electron chi connectivity index (χ0n) is 16.7. The first kappa shape index (κ1) is 20.1. The van der Waals surface area contributed by atoms with Crippen molar-refractivity contribution in [2.24, 2.45) is 0 Å². The zero-order chi connectivity index (χ0) is 21.3. The van der Waals surface area contributed by atoms with Crippen molar-refractivity contribution in [1.29, 1.82) is 0 Å². The van der Waals surface area contributed by atoms with Crippen LogP contribution in [0.25, 0.3) is 16.8 Å². The Bertz CT molecular complexity index is 1230. The minimum absolute atomic E-state index is 0.180. The molecule has 6 heteroatoms. The van der Waals surface area contributed by atoms with Crippen molar-refractivity contribution in [3.05, 3.63) is 94.1 Å². The average Bonchev–Trinajstić information content (AvgIpc) is 3.10. The average molecular weight is 422 g/mol. The molecule has 30 heavy (non-hydrogen) atoms. The second-order valence-electron chi connectivity index (χ2n) is 7.17. The molecule has 4 rings (SSSR count). The van der Waals surface area contributed by atoms with Gasteiger partial charge >= 0.3 is 0 Å². The molecule has 0 saturated carbocycles. The van der Waals surface area contributed by atoms with Gasteiger partial charge in [-0.2, -0.15) is 0 Å². The summed E-state index contributed by atoms with van der Waals surface area (Å²) in [4.78, 5) is 17.4. The summed E-state index contributed by atoms with van der Waals surface area (Å²) >= 11 is 6.05. The van der Waals surface area contributed by atoms with Crippen molar-refractivity contribution in [3.63, 3.8) is 0 Å². The first-order valence-corrected chi connectivity index (χ1v) is 10.1. The van der Waals surface area contributed by atoms with Gasteiger partial charge in [0.15, 0.2) is 0 Å². The van der Waals surface area contributed by atoms with Crippen molar-refractivity contribution in [2.75, 3.05) is 0 Å². The number of nitrogens with zero attached hydrogens (tertiary/aromatic N) is 2. The van der Waals surface area contributed by atoms with Crippen LogP contribution in [0.15, 0.2) is 60.8 Å². The van der Waals surface area contributed by atoms with Crippen LogP contribution in [0.2, 0.25) is 5.02 Å². The Hall–Kier alpha value is -3.18. The monoisotopic (exact) mass is 421 g/mol. The molecule has 2 aromatic carbocycles. The molecule has 0 bridgehead atoms. The predicted octanol–water partition coefficient (Wildman–Crippen LogP) is 5.59. The summed E-state index contributed by atoms with van der Waals surface area (Å²) in [7, 11) is 0. The Morgan fingerprint density at radius 1 is 1.13 bits per heavy atom. The van der Waals surface area contributed by atoms with Crippen LogP contribution in [0.1, 0.15) is 34.2 Å². The molecule has 2 heterocycles. The maximum atomic E-state index is 13.3. The van der Waals surface area contributed by atoms with Gasteiger partial charge in [-0.15, -0.1) is 0 Å². The molecule has 0 atom stereocenters. The quantitative estimate of drug-likeness (QED) is 0.456. The number of nitrogens with one attached hydrogen (secondary N) is 1. The van der Waals surface area contributed by atoms with Gasteiger partial charge in [0.25, 0.3) is 5.91 Å². The van der Waals surface area contributed by atoms with E-state index >= 15 is 0 Å². The molecule has 0 aliphatic carbocycles. The van der Waals surface area contributed by atoms with Crippen LogP contribution in [0.4, 0.5) is 4.39 Å². The second-order valence-corrected chi connectivity index (χ2v) is 7.61. The van der Waals surface area contributed by atoms with Crippen molar-refractivity contribution in [1.82, 2.24) is 14.7 Å². The van der Waals surface area contributed by atoms with Crippen LogP contribution >= 0.6 is 11.6 Å². The smallest absolute Gasteiger partial charge is 0.270 e. The number of fused-ring (bicyclic) bond motifs is 1. The van der Waals surface area contributed by atoms with Gasteiger partial charge in [-0.05, 0) is 53.8 Å². The number of benzene rings is 2. The number of imidazole rings is 1. The van der Waals surface area contributed by atoms with Crippen LogP contribution in [0, 0.1) is 12.7 Å². The molecule has 2 aromatic heterocycles. The lowest BCUT2D eigenvalue weighted by Crippen LogP contribution is -2.25. The number of aryl methyl sites for hydroxylation is 2. The van der Waals surface area contributed by atoms with Gasteiger partial charge in [0, 0.05) is 23.8 Å². The molecule has 0 unspecified atom stereocenters. The number of aromatic nitrogens is 2. The fourth-order valence-electron chi connectivity index (χ4n) is 3.57. The maximum Gasteiger partial charge on any atom is 0.270 e. The van der Waals surface area contributed by atoms with Gasteiger partial charge in [0.1, 0.15) is 17.2 Å². The first-order valence-electron chi connectivity index (χ1n) is 9.76. The van der Waals surface area contributed by atoms with Crippen LogP contribution in [-0.2, 0) is 13.0 Å². The fourth-order valence-corrected chi connectivity index (χ4v) is 3.73. The third-order valence-corrected chi connectivity index (χ3v) is 5.35. The summed E-state index contributed by atoms with van der Waals surface area (Å²) in [6.45, 7) is 4.25. The minimum Gasteiger partial charge on any atom is -0.347 e. The van der Waals surface area contributed by atoms with E-state index in [1.54, 1.807) is 28.8 Å². The highest BCUT2D eigenvalue weighted by atomic mass is 35.5. The lowest BCUT2D eigenvalue weighted by atomic mass is 9.99. The number of hydrogen-bond acceptors (Lipinski definition) is 2. The fraction of sp³-hybridized carbons (Fsp3) is 0.167. The normalized spacial score (nSPS) is 11.1. The standard InChI is InChI=1S/C24H21ClFN3O/c1-3-21-23(29-11-10-18(25)13-22(29)28-21)24(30)27-14-16-4-6-17(7-5-16)20-9-8-19(26)12-15(20)2/h4-13H,3,14H2,1-2H3,(H,27,30). The van der Waals surface area contributed by atoms with E-state index in [4.69, 9.17) is 11.6 Å². The van der Waals surface area contributed by atoms with E-state index in [1.165, 1.54) is 12.1 Å². The highest BCUT2D eigenvalue weighted by Gasteiger charge is 2.18. The molecule has 1 N–H and O–H groups in total. The highest BCUT2D eigenvalue weighted by Crippen LogP contribution is 2.24. The van der Waals surface area contributed by atoms with Crippen molar-refractivity contribution in [3.8, 4) is 11.1 Å². The molecular weight excluding hydrogens is 401 g/mol. The van der Waals surface area contributed by atoms with Crippen molar-refractivity contribution in [2.45, 2.75) is 26.8 Å². The summed E-state index contributed by atoms with van der Waals surface area (Å²) < 4.78 is 15.1. The SMILES string of the molecule is CCc1nc2cc(Cl)ccn2c1C(=O)NCc1ccc(-c2ccc(F)cc2C)cc1. The molecule has 0 spiro atoms. The molecule has 0 saturated heterocycles. The van der Waals surface area contributed by atoms with Crippen molar-refractivity contribution >= 4 is 23.2 Å². The van der Waals surface area contributed by atoms with Crippen LogP contribution < -0.4 is 5.32 Å². The van der Waals surface area contributed by atoms with Gasteiger partial charge < -0.3 is 5.32 Å². The molecule has 4 nitrogen and oxygen atoms in total. The third-order valence-electron chi connectivity index (χ3n) is 5.12. The Balaban J connectivity index is 1.51. The Morgan fingerprint density at radius 3 is 2.60 bits per heavy atom. The number of carbonyl (C=O) groups excluding carboxylic acids is 1. The van der Waals surface area contributed by atoms with Crippen LogP contribution in [0.5, 0.6) is 0 Å². The molecule has 0 fully saturated rings. The number of carbonyl (C=O) groups is 1. The molecule has 4 aromatic rings. The topological polar surface area (TPSA) is 46.4 Å². The molecule has 0 radical (unpaired) electrons. The Labute approximate surface area is 179 Å². The molecular formula is C24H21ClFN3O. The number of rotatable bonds is 5. The van der Waals surface area contributed by atoms with Crippen molar-refractivity contribution < 1.29 is 9.18 Å². The second kappa shape index (κ2) is 8.28. The predicted molar refractivity (Wildman–Crippen MR) is 117 cm³/mol. The van der Waals surface area contributed by atoms with Gasteiger partial charge in [0.2, 0.25) is 0 Å². The zero-order valence-corrected chi connectivity index (χ0v) is 17.5. The lowest BCUT2D eigenvalue weighted by Gasteiger charge is -2.09. The Morgan fingerprint density at radius 2 is 1.90 bits per heavy atom. The summed E-state index contributed by atoms with van der Waals surface area (Å²) in [6.07, 6.45) is 2.41. The molecule has 152 valence electrons. The molecule has 0 aliphatic heterocycles. The van der Waals surface area contributed by atoms with E-state index in [0.717, 1.165) is 27.9 Å². The molecule has 0 aliphatic rings.